The number of carbonyl (C=O) groups is 1. The third kappa shape index (κ3) is 2.09. The fraction of sp³-hybridized carbons (Fsp3) is 0. The highest BCUT2D eigenvalue weighted by Crippen LogP contribution is 2.23. The summed E-state index contributed by atoms with van der Waals surface area (Å²) in [6.07, 6.45) is 1.61. The Morgan fingerprint density at radius 1 is 1.39 bits per heavy atom. The number of anilines is 1. The standard InChI is InChI=1S/C11H6FN3OS2/c12-6-1-2-7-8(5-6)18-10(14-7)9(16)15-11-13-3-4-17-11/h1-5H,(H,13,15,16). The molecule has 4 nitrogen and oxygen atoms in total. The van der Waals surface area contributed by atoms with E-state index in [4.69, 9.17) is 0 Å². The smallest absolute Gasteiger partial charge is 0.286 e. The van der Waals surface area contributed by atoms with Gasteiger partial charge in [0.25, 0.3) is 5.91 Å². The Kier molecular flexibility index (Phi) is 2.77. The zero-order valence-electron chi connectivity index (χ0n) is 8.88. The van der Waals surface area contributed by atoms with Crippen molar-refractivity contribution in [1.82, 2.24) is 9.97 Å². The van der Waals surface area contributed by atoms with Crippen LogP contribution in [0.5, 0.6) is 0 Å². The van der Waals surface area contributed by atoms with Crippen molar-refractivity contribution in [2.75, 3.05) is 5.32 Å². The van der Waals surface area contributed by atoms with Gasteiger partial charge in [0.05, 0.1) is 10.2 Å². The number of hydrogen-bond acceptors (Lipinski definition) is 5. The molecule has 7 heteroatoms. The molecular weight excluding hydrogens is 273 g/mol. The van der Waals surface area contributed by atoms with Gasteiger partial charge in [0.15, 0.2) is 10.1 Å². The van der Waals surface area contributed by atoms with Crippen molar-refractivity contribution in [3.05, 3.63) is 40.6 Å². The number of rotatable bonds is 2. The van der Waals surface area contributed by atoms with Gasteiger partial charge in [-0.25, -0.2) is 14.4 Å². The first-order chi connectivity index (χ1) is 8.72. The number of carbonyl (C=O) groups excluding carboxylic acids is 1. The highest BCUT2D eigenvalue weighted by molar-refractivity contribution is 7.20. The molecule has 1 amide bonds. The molecule has 3 aromatic rings. The summed E-state index contributed by atoms with van der Waals surface area (Å²) in [7, 11) is 0. The van der Waals surface area contributed by atoms with E-state index in [1.54, 1.807) is 17.6 Å². The Bertz CT molecular complexity index is 708. The van der Waals surface area contributed by atoms with Crippen LogP contribution in [-0.4, -0.2) is 15.9 Å². The quantitative estimate of drug-likeness (QED) is 0.784. The van der Waals surface area contributed by atoms with Gasteiger partial charge in [0.2, 0.25) is 0 Å². The summed E-state index contributed by atoms with van der Waals surface area (Å²) in [5.74, 6) is -0.662. The van der Waals surface area contributed by atoms with Gasteiger partial charge in [0, 0.05) is 11.6 Å². The molecule has 0 bridgehead atoms. The topological polar surface area (TPSA) is 54.9 Å². The van der Waals surface area contributed by atoms with E-state index < -0.39 is 0 Å². The molecule has 3 rings (SSSR count). The van der Waals surface area contributed by atoms with Gasteiger partial charge < -0.3 is 0 Å². The molecule has 0 aliphatic carbocycles. The van der Waals surface area contributed by atoms with Gasteiger partial charge in [-0.15, -0.1) is 22.7 Å². The predicted molar refractivity (Wildman–Crippen MR) is 69.6 cm³/mol. The van der Waals surface area contributed by atoms with E-state index in [0.717, 1.165) is 11.3 Å². The normalized spacial score (nSPS) is 10.7. The molecule has 0 unspecified atom stereocenters. The molecule has 1 aromatic carbocycles. The Balaban J connectivity index is 1.92. The number of aromatic nitrogens is 2. The van der Waals surface area contributed by atoms with Crippen molar-refractivity contribution < 1.29 is 9.18 Å². The fourth-order valence-electron chi connectivity index (χ4n) is 1.43. The lowest BCUT2D eigenvalue weighted by Gasteiger charge is -1.95. The monoisotopic (exact) mass is 279 g/mol. The Morgan fingerprint density at radius 2 is 2.28 bits per heavy atom. The first-order valence-corrected chi connectivity index (χ1v) is 6.69. The van der Waals surface area contributed by atoms with Crippen LogP contribution >= 0.6 is 22.7 Å². The van der Waals surface area contributed by atoms with Crippen LogP contribution in [-0.2, 0) is 0 Å². The molecule has 0 fully saturated rings. The third-order valence-corrected chi connectivity index (χ3v) is 3.90. The van der Waals surface area contributed by atoms with Crippen LogP contribution in [0.15, 0.2) is 29.8 Å². The molecule has 2 aromatic heterocycles. The number of amides is 1. The second-order valence-electron chi connectivity index (χ2n) is 3.42. The molecule has 1 N–H and O–H groups in total. The minimum absolute atomic E-state index is 0.297. The number of nitrogens with one attached hydrogen (secondary N) is 1. The van der Waals surface area contributed by atoms with E-state index in [1.165, 1.54) is 23.5 Å². The van der Waals surface area contributed by atoms with Gasteiger partial charge >= 0.3 is 0 Å². The largest absolute Gasteiger partial charge is 0.296 e. The Morgan fingerprint density at radius 3 is 3.06 bits per heavy atom. The number of hydrogen-bond donors (Lipinski definition) is 1. The summed E-state index contributed by atoms with van der Waals surface area (Å²) >= 11 is 2.48. The summed E-state index contributed by atoms with van der Waals surface area (Å²) in [5.41, 5.74) is 0.616. The molecule has 0 saturated heterocycles. The summed E-state index contributed by atoms with van der Waals surface area (Å²) in [5, 5.41) is 5.22. The average molecular weight is 279 g/mol. The Hall–Kier alpha value is -1.86. The van der Waals surface area contributed by atoms with Crippen LogP contribution in [0, 0.1) is 5.82 Å². The van der Waals surface area contributed by atoms with E-state index in [-0.39, 0.29) is 11.7 Å². The number of nitrogens with zero attached hydrogens (tertiary/aromatic N) is 2. The Labute approximate surface area is 109 Å². The van der Waals surface area contributed by atoms with Crippen molar-refractivity contribution in [1.29, 1.82) is 0 Å². The minimum atomic E-state index is -0.335. The molecule has 90 valence electrons. The van der Waals surface area contributed by atoms with Crippen molar-refractivity contribution in [3.63, 3.8) is 0 Å². The van der Waals surface area contributed by atoms with Crippen LogP contribution in [0.3, 0.4) is 0 Å². The summed E-state index contributed by atoms with van der Waals surface area (Å²) in [6, 6.07) is 4.25. The van der Waals surface area contributed by atoms with Crippen LogP contribution in [0.25, 0.3) is 10.2 Å². The molecular formula is C11H6FN3OS2. The van der Waals surface area contributed by atoms with Crippen LogP contribution in [0.2, 0.25) is 0 Å². The van der Waals surface area contributed by atoms with E-state index in [1.807, 2.05) is 0 Å². The maximum atomic E-state index is 13.0. The zero-order chi connectivity index (χ0) is 12.5. The van der Waals surface area contributed by atoms with Gasteiger partial charge in [-0.1, -0.05) is 0 Å². The van der Waals surface area contributed by atoms with Crippen molar-refractivity contribution in [2.45, 2.75) is 0 Å². The molecule has 0 saturated carbocycles. The second-order valence-corrected chi connectivity index (χ2v) is 5.35. The lowest BCUT2D eigenvalue weighted by Crippen LogP contribution is -2.10. The number of thiazole rings is 2. The molecule has 0 radical (unpaired) electrons. The molecule has 0 atom stereocenters. The summed E-state index contributed by atoms with van der Waals surface area (Å²) < 4.78 is 13.7. The fourth-order valence-corrected chi connectivity index (χ4v) is 2.84. The summed E-state index contributed by atoms with van der Waals surface area (Å²) in [4.78, 5) is 20.0. The molecule has 0 aliphatic rings. The molecule has 0 aliphatic heterocycles. The highest BCUT2D eigenvalue weighted by Gasteiger charge is 2.13. The van der Waals surface area contributed by atoms with Crippen molar-refractivity contribution in [3.8, 4) is 0 Å². The zero-order valence-corrected chi connectivity index (χ0v) is 10.5. The first-order valence-electron chi connectivity index (χ1n) is 4.99. The van der Waals surface area contributed by atoms with E-state index in [2.05, 4.69) is 15.3 Å². The van der Waals surface area contributed by atoms with E-state index in [0.29, 0.717) is 20.4 Å². The minimum Gasteiger partial charge on any atom is -0.296 e. The highest BCUT2D eigenvalue weighted by atomic mass is 32.1. The van der Waals surface area contributed by atoms with Crippen LogP contribution in [0.1, 0.15) is 9.80 Å². The lowest BCUT2D eigenvalue weighted by molar-refractivity contribution is 0.102. The maximum absolute atomic E-state index is 13.0. The second kappa shape index (κ2) is 4.43. The van der Waals surface area contributed by atoms with Crippen LogP contribution < -0.4 is 5.32 Å². The first kappa shape index (κ1) is 11.2. The predicted octanol–water partition coefficient (Wildman–Crippen LogP) is 3.14. The number of benzene rings is 1. The number of fused-ring (bicyclic) bond motifs is 1. The van der Waals surface area contributed by atoms with Crippen LogP contribution in [0.4, 0.5) is 9.52 Å². The SMILES string of the molecule is O=C(Nc1nccs1)c1nc2ccc(F)cc2s1. The average Bonchev–Trinajstić information content (AvgIpc) is 2.96. The van der Waals surface area contributed by atoms with Crippen molar-refractivity contribution >= 4 is 43.9 Å². The van der Waals surface area contributed by atoms with E-state index >= 15 is 0 Å². The maximum Gasteiger partial charge on any atom is 0.286 e. The number of halogens is 1. The van der Waals surface area contributed by atoms with Gasteiger partial charge in [-0.05, 0) is 18.2 Å². The van der Waals surface area contributed by atoms with E-state index in [9.17, 15) is 9.18 Å². The van der Waals surface area contributed by atoms with Gasteiger partial charge in [-0.3, -0.25) is 10.1 Å². The third-order valence-electron chi connectivity index (χ3n) is 2.20. The molecule has 18 heavy (non-hydrogen) atoms. The van der Waals surface area contributed by atoms with Gasteiger partial charge in [-0.2, -0.15) is 0 Å². The molecule has 0 spiro atoms. The lowest BCUT2D eigenvalue weighted by atomic mass is 10.3. The molecule has 2 heterocycles. The van der Waals surface area contributed by atoms with Crippen molar-refractivity contribution in [2.24, 2.45) is 0 Å². The van der Waals surface area contributed by atoms with Gasteiger partial charge in [0.1, 0.15) is 5.82 Å². The summed E-state index contributed by atoms with van der Waals surface area (Å²) in [6.45, 7) is 0.